The molecule has 0 amide bonds. The Balaban J connectivity index is 2.07. The van der Waals surface area contributed by atoms with Crippen LogP contribution in [-0.2, 0) is 11.2 Å². The maximum absolute atomic E-state index is 5.71. The van der Waals surface area contributed by atoms with Crippen LogP contribution in [0.1, 0.15) is 18.4 Å². The van der Waals surface area contributed by atoms with E-state index in [9.17, 15) is 0 Å². The molecular formula is C12H18N2O. The number of ether oxygens (including phenoxy) is 1. The van der Waals surface area contributed by atoms with Gasteiger partial charge in [0.25, 0.3) is 0 Å². The smallest absolute Gasteiger partial charge is 0.0743 e. The summed E-state index contributed by atoms with van der Waals surface area (Å²) in [7, 11) is 1.82. The Morgan fingerprint density at radius 3 is 2.87 bits per heavy atom. The largest absolute Gasteiger partial charge is 0.378 e. The summed E-state index contributed by atoms with van der Waals surface area (Å²) in [5.41, 5.74) is 1.29. The predicted molar refractivity (Wildman–Crippen MR) is 59.8 cm³/mol. The van der Waals surface area contributed by atoms with Crippen molar-refractivity contribution in [3.05, 3.63) is 30.1 Å². The van der Waals surface area contributed by atoms with Gasteiger partial charge in [-0.15, -0.1) is 0 Å². The lowest BCUT2D eigenvalue weighted by Gasteiger charge is -2.36. The van der Waals surface area contributed by atoms with E-state index in [1.54, 1.807) is 0 Å². The molecule has 1 aromatic heterocycles. The van der Waals surface area contributed by atoms with Gasteiger partial charge in [-0.25, -0.2) is 0 Å². The van der Waals surface area contributed by atoms with Crippen molar-refractivity contribution in [1.29, 1.82) is 0 Å². The Morgan fingerprint density at radius 2 is 2.27 bits per heavy atom. The zero-order valence-corrected chi connectivity index (χ0v) is 9.20. The average Bonchev–Trinajstić information content (AvgIpc) is 2.32. The molecule has 2 rings (SSSR count). The molecule has 1 saturated heterocycles. The molecule has 82 valence electrons. The molecule has 1 N–H and O–H groups in total. The Morgan fingerprint density at radius 1 is 1.47 bits per heavy atom. The van der Waals surface area contributed by atoms with Crippen LogP contribution in [0.3, 0.4) is 0 Å². The SMILES string of the molecule is COC1(Cc2cccnc2)CCNCC1. The number of aromatic nitrogens is 1. The van der Waals surface area contributed by atoms with Crippen LogP contribution < -0.4 is 5.32 Å². The highest BCUT2D eigenvalue weighted by Crippen LogP contribution is 2.26. The van der Waals surface area contributed by atoms with Gasteiger partial charge in [0.05, 0.1) is 5.60 Å². The summed E-state index contributed by atoms with van der Waals surface area (Å²) in [6.07, 6.45) is 6.88. The van der Waals surface area contributed by atoms with Gasteiger partial charge in [0.1, 0.15) is 0 Å². The number of rotatable bonds is 3. The standard InChI is InChI=1S/C12H18N2O/c1-15-12(4-7-13-8-5-12)9-11-3-2-6-14-10-11/h2-3,6,10,13H,4-5,7-9H2,1H3. The van der Waals surface area contributed by atoms with E-state index in [1.807, 2.05) is 25.6 Å². The summed E-state index contributed by atoms with van der Waals surface area (Å²) in [5.74, 6) is 0. The number of piperidine rings is 1. The quantitative estimate of drug-likeness (QED) is 0.811. The van der Waals surface area contributed by atoms with E-state index < -0.39 is 0 Å². The molecule has 0 aromatic carbocycles. The molecule has 0 unspecified atom stereocenters. The fourth-order valence-corrected chi connectivity index (χ4v) is 2.21. The molecular weight excluding hydrogens is 188 g/mol. The van der Waals surface area contributed by atoms with E-state index in [0.29, 0.717) is 0 Å². The minimum absolute atomic E-state index is 0.0221. The van der Waals surface area contributed by atoms with E-state index in [-0.39, 0.29) is 5.60 Å². The van der Waals surface area contributed by atoms with Crippen molar-refractivity contribution in [1.82, 2.24) is 10.3 Å². The normalized spacial score (nSPS) is 20.1. The average molecular weight is 206 g/mol. The summed E-state index contributed by atoms with van der Waals surface area (Å²) in [6, 6.07) is 4.11. The number of nitrogens with one attached hydrogen (secondary N) is 1. The molecule has 0 aliphatic carbocycles. The van der Waals surface area contributed by atoms with Gasteiger partial charge >= 0.3 is 0 Å². The number of pyridine rings is 1. The molecule has 0 bridgehead atoms. The predicted octanol–water partition coefficient (Wildman–Crippen LogP) is 1.39. The molecule has 1 fully saturated rings. The monoisotopic (exact) mass is 206 g/mol. The van der Waals surface area contributed by atoms with Gasteiger partial charge in [-0.2, -0.15) is 0 Å². The van der Waals surface area contributed by atoms with Crippen LogP contribution in [0, 0.1) is 0 Å². The molecule has 1 aromatic rings. The maximum atomic E-state index is 5.71. The lowest BCUT2D eigenvalue weighted by molar-refractivity contribution is -0.0334. The second-order valence-corrected chi connectivity index (χ2v) is 4.18. The van der Waals surface area contributed by atoms with Crippen LogP contribution in [0.2, 0.25) is 0 Å². The minimum Gasteiger partial charge on any atom is -0.378 e. The zero-order valence-electron chi connectivity index (χ0n) is 9.20. The van der Waals surface area contributed by atoms with E-state index >= 15 is 0 Å². The van der Waals surface area contributed by atoms with Crippen molar-refractivity contribution < 1.29 is 4.74 Å². The molecule has 0 spiro atoms. The highest BCUT2D eigenvalue weighted by molar-refractivity contribution is 5.12. The second kappa shape index (κ2) is 4.73. The van der Waals surface area contributed by atoms with Crippen molar-refractivity contribution in [2.75, 3.05) is 20.2 Å². The van der Waals surface area contributed by atoms with Crippen LogP contribution in [0.25, 0.3) is 0 Å². The van der Waals surface area contributed by atoms with Crippen LogP contribution in [0.15, 0.2) is 24.5 Å². The molecule has 15 heavy (non-hydrogen) atoms. The molecule has 2 heterocycles. The van der Waals surface area contributed by atoms with E-state index in [1.165, 1.54) is 5.56 Å². The molecule has 1 aliphatic heterocycles. The van der Waals surface area contributed by atoms with Crippen molar-refractivity contribution in [2.24, 2.45) is 0 Å². The van der Waals surface area contributed by atoms with E-state index in [0.717, 1.165) is 32.4 Å². The maximum Gasteiger partial charge on any atom is 0.0743 e. The van der Waals surface area contributed by atoms with Crippen molar-refractivity contribution in [2.45, 2.75) is 24.9 Å². The Bertz CT molecular complexity index is 294. The Kier molecular flexibility index (Phi) is 3.34. The van der Waals surface area contributed by atoms with Gasteiger partial charge in [0.15, 0.2) is 0 Å². The second-order valence-electron chi connectivity index (χ2n) is 4.18. The molecule has 3 heteroatoms. The summed E-state index contributed by atoms with van der Waals surface area (Å²) in [6.45, 7) is 2.10. The fraction of sp³-hybridized carbons (Fsp3) is 0.583. The number of nitrogens with zero attached hydrogens (tertiary/aromatic N) is 1. The lowest BCUT2D eigenvalue weighted by atomic mass is 9.86. The van der Waals surface area contributed by atoms with E-state index in [4.69, 9.17) is 4.74 Å². The van der Waals surface area contributed by atoms with Crippen molar-refractivity contribution in [3.63, 3.8) is 0 Å². The molecule has 0 atom stereocenters. The third-order valence-electron chi connectivity index (χ3n) is 3.20. The lowest BCUT2D eigenvalue weighted by Crippen LogP contribution is -2.44. The van der Waals surface area contributed by atoms with Gasteiger partial charge in [-0.05, 0) is 37.6 Å². The first-order valence-electron chi connectivity index (χ1n) is 5.49. The van der Waals surface area contributed by atoms with Crippen molar-refractivity contribution in [3.8, 4) is 0 Å². The fourth-order valence-electron chi connectivity index (χ4n) is 2.21. The third kappa shape index (κ3) is 2.55. The van der Waals surface area contributed by atoms with Gasteiger partial charge in [-0.3, -0.25) is 4.98 Å². The molecule has 1 aliphatic rings. The summed E-state index contributed by atoms with van der Waals surface area (Å²) in [4.78, 5) is 4.14. The number of hydrogen-bond donors (Lipinski definition) is 1. The molecule has 3 nitrogen and oxygen atoms in total. The first kappa shape index (κ1) is 10.6. The van der Waals surface area contributed by atoms with Crippen molar-refractivity contribution >= 4 is 0 Å². The van der Waals surface area contributed by atoms with Crippen LogP contribution in [0.5, 0.6) is 0 Å². The van der Waals surface area contributed by atoms with Crippen LogP contribution >= 0.6 is 0 Å². The van der Waals surface area contributed by atoms with Gasteiger partial charge in [0.2, 0.25) is 0 Å². The molecule has 0 saturated carbocycles. The summed E-state index contributed by atoms with van der Waals surface area (Å²) in [5, 5.41) is 3.36. The molecule has 0 radical (unpaired) electrons. The van der Waals surface area contributed by atoms with Crippen LogP contribution in [-0.4, -0.2) is 30.8 Å². The minimum atomic E-state index is 0.0221. The summed E-state index contributed by atoms with van der Waals surface area (Å²) >= 11 is 0. The Hall–Kier alpha value is -0.930. The highest BCUT2D eigenvalue weighted by atomic mass is 16.5. The highest BCUT2D eigenvalue weighted by Gasteiger charge is 2.31. The topological polar surface area (TPSA) is 34.1 Å². The first-order valence-corrected chi connectivity index (χ1v) is 5.49. The summed E-state index contributed by atoms with van der Waals surface area (Å²) < 4.78 is 5.71. The van der Waals surface area contributed by atoms with E-state index in [2.05, 4.69) is 16.4 Å². The number of hydrogen-bond acceptors (Lipinski definition) is 3. The zero-order chi connectivity index (χ0) is 10.6. The van der Waals surface area contributed by atoms with Gasteiger partial charge in [-0.1, -0.05) is 6.07 Å². The number of methoxy groups -OCH3 is 1. The third-order valence-corrected chi connectivity index (χ3v) is 3.20. The first-order chi connectivity index (χ1) is 7.35. The van der Waals surface area contributed by atoms with Crippen LogP contribution in [0.4, 0.5) is 0 Å². The van der Waals surface area contributed by atoms with Gasteiger partial charge in [0, 0.05) is 25.9 Å². The van der Waals surface area contributed by atoms with Gasteiger partial charge < -0.3 is 10.1 Å². The Labute approximate surface area is 90.9 Å².